The van der Waals surface area contributed by atoms with E-state index in [2.05, 4.69) is 5.32 Å². The second-order valence-corrected chi connectivity index (χ2v) is 5.21. The highest BCUT2D eigenvalue weighted by Gasteiger charge is 2.36. The minimum Gasteiger partial charge on any atom is -0.496 e. The molecule has 2 rings (SSSR count). The fourth-order valence-electron chi connectivity index (χ4n) is 2.40. The summed E-state index contributed by atoms with van der Waals surface area (Å²) in [4.78, 5) is 12.4. The zero-order chi connectivity index (χ0) is 14.6. The first kappa shape index (κ1) is 14.8. The van der Waals surface area contributed by atoms with Crippen LogP contribution in [-0.2, 0) is 9.53 Å². The highest BCUT2D eigenvalue weighted by molar-refractivity contribution is 5.86. The number of benzene rings is 1. The van der Waals surface area contributed by atoms with Gasteiger partial charge in [-0.15, -0.1) is 0 Å². The van der Waals surface area contributed by atoms with Gasteiger partial charge in [0, 0.05) is 18.8 Å². The minimum atomic E-state index is -0.825. The number of nitrogens with one attached hydrogen (secondary N) is 1. The van der Waals surface area contributed by atoms with Gasteiger partial charge in [-0.3, -0.25) is 4.79 Å². The van der Waals surface area contributed by atoms with E-state index in [0.29, 0.717) is 26.1 Å². The number of rotatable bonds is 4. The van der Waals surface area contributed by atoms with Crippen LogP contribution in [0, 0.1) is 0 Å². The van der Waals surface area contributed by atoms with Gasteiger partial charge in [-0.05, 0) is 25.8 Å². The SMILES string of the molecule is COc1ccccc1[C@H](C)NC(=O)C1(N)CCOCC1. The molecule has 0 unspecified atom stereocenters. The maximum Gasteiger partial charge on any atom is 0.240 e. The zero-order valence-corrected chi connectivity index (χ0v) is 12.0. The summed E-state index contributed by atoms with van der Waals surface area (Å²) in [7, 11) is 1.62. The number of amides is 1. The first-order valence-corrected chi connectivity index (χ1v) is 6.87. The Morgan fingerprint density at radius 3 is 2.70 bits per heavy atom. The molecule has 1 heterocycles. The van der Waals surface area contributed by atoms with Gasteiger partial charge in [0.05, 0.1) is 18.7 Å². The third-order valence-electron chi connectivity index (χ3n) is 3.79. The maximum atomic E-state index is 12.4. The molecule has 0 radical (unpaired) electrons. The second-order valence-electron chi connectivity index (χ2n) is 5.21. The molecule has 5 nitrogen and oxygen atoms in total. The van der Waals surface area contributed by atoms with Crippen molar-refractivity contribution in [3.8, 4) is 5.75 Å². The monoisotopic (exact) mass is 278 g/mol. The third kappa shape index (κ3) is 3.11. The van der Waals surface area contributed by atoms with Crippen LogP contribution in [0.1, 0.15) is 31.4 Å². The van der Waals surface area contributed by atoms with E-state index in [4.69, 9.17) is 15.2 Å². The summed E-state index contributed by atoms with van der Waals surface area (Å²) >= 11 is 0. The minimum absolute atomic E-state index is 0.126. The number of carbonyl (C=O) groups is 1. The van der Waals surface area contributed by atoms with Gasteiger partial charge < -0.3 is 20.5 Å². The Morgan fingerprint density at radius 1 is 1.40 bits per heavy atom. The molecule has 1 fully saturated rings. The van der Waals surface area contributed by atoms with E-state index >= 15 is 0 Å². The number of hydrogen-bond donors (Lipinski definition) is 2. The lowest BCUT2D eigenvalue weighted by Crippen LogP contribution is -2.57. The maximum absolute atomic E-state index is 12.4. The molecular weight excluding hydrogens is 256 g/mol. The molecule has 110 valence electrons. The number of para-hydroxylation sites is 1. The summed E-state index contributed by atoms with van der Waals surface area (Å²) in [5, 5.41) is 2.98. The zero-order valence-electron chi connectivity index (χ0n) is 12.0. The van der Waals surface area contributed by atoms with E-state index in [1.54, 1.807) is 7.11 Å². The second kappa shape index (κ2) is 6.24. The van der Waals surface area contributed by atoms with Gasteiger partial charge in [-0.2, -0.15) is 0 Å². The predicted octanol–water partition coefficient (Wildman–Crippen LogP) is 1.38. The first-order valence-electron chi connectivity index (χ1n) is 6.87. The quantitative estimate of drug-likeness (QED) is 0.872. The Balaban J connectivity index is 2.07. The molecule has 1 atom stereocenters. The van der Waals surface area contributed by atoms with Crippen molar-refractivity contribution in [2.24, 2.45) is 5.73 Å². The van der Waals surface area contributed by atoms with E-state index in [-0.39, 0.29) is 11.9 Å². The lowest BCUT2D eigenvalue weighted by molar-refractivity contribution is -0.130. The average Bonchev–Trinajstić information content (AvgIpc) is 2.47. The lowest BCUT2D eigenvalue weighted by Gasteiger charge is -2.33. The van der Waals surface area contributed by atoms with E-state index < -0.39 is 5.54 Å². The van der Waals surface area contributed by atoms with Crippen LogP contribution in [0.15, 0.2) is 24.3 Å². The molecule has 0 bridgehead atoms. The Morgan fingerprint density at radius 2 is 2.05 bits per heavy atom. The fraction of sp³-hybridized carbons (Fsp3) is 0.533. The van der Waals surface area contributed by atoms with Crippen molar-refractivity contribution >= 4 is 5.91 Å². The predicted molar refractivity (Wildman–Crippen MR) is 76.5 cm³/mol. The Labute approximate surface area is 119 Å². The van der Waals surface area contributed by atoms with E-state index in [1.165, 1.54) is 0 Å². The standard InChI is InChI=1S/C15H22N2O3/c1-11(12-5-3-4-6-13(12)19-2)17-14(18)15(16)7-9-20-10-8-15/h3-6,11H,7-10,16H2,1-2H3,(H,17,18)/t11-/m0/s1. The Bertz CT molecular complexity index is 470. The van der Waals surface area contributed by atoms with E-state index in [9.17, 15) is 4.79 Å². The molecular formula is C15H22N2O3. The van der Waals surface area contributed by atoms with Crippen molar-refractivity contribution in [2.75, 3.05) is 20.3 Å². The molecule has 1 aromatic rings. The largest absolute Gasteiger partial charge is 0.496 e. The topological polar surface area (TPSA) is 73.6 Å². The summed E-state index contributed by atoms with van der Waals surface area (Å²) < 4.78 is 10.6. The Hall–Kier alpha value is -1.59. The number of hydrogen-bond acceptors (Lipinski definition) is 4. The van der Waals surface area contributed by atoms with Crippen molar-refractivity contribution in [2.45, 2.75) is 31.3 Å². The molecule has 1 saturated heterocycles. The van der Waals surface area contributed by atoms with Crippen LogP contribution in [0.2, 0.25) is 0 Å². The van der Waals surface area contributed by atoms with Crippen molar-refractivity contribution < 1.29 is 14.3 Å². The van der Waals surface area contributed by atoms with Gasteiger partial charge in [0.1, 0.15) is 5.75 Å². The van der Waals surface area contributed by atoms with Crippen LogP contribution in [0.25, 0.3) is 0 Å². The molecule has 1 amide bonds. The van der Waals surface area contributed by atoms with Gasteiger partial charge in [0.25, 0.3) is 0 Å². The van der Waals surface area contributed by atoms with Crippen LogP contribution in [-0.4, -0.2) is 31.8 Å². The van der Waals surface area contributed by atoms with Crippen LogP contribution < -0.4 is 15.8 Å². The van der Waals surface area contributed by atoms with Gasteiger partial charge in [0.15, 0.2) is 0 Å². The van der Waals surface area contributed by atoms with Crippen molar-refractivity contribution in [1.29, 1.82) is 0 Å². The Kier molecular flexibility index (Phi) is 4.62. The van der Waals surface area contributed by atoms with Gasteiger partial charge >= 0.3 is 0 Å². The van der Waals surface area contributed by atoms with Gasteiger partial charge in [0.2, 0.25) is 5.91 Å². The molecule has 3 N–H and O–H groups in total. The highest BCUT2D eigenvalue weighted by atomic mass is 16.5. The molecule has 5 heteroatoms. The summed E-state index contributed by atoms with van der Waals surface area (Å²) in [5.74, 6) is 0.637. The van der Waals surface area contributed by atoms with Crippen LogP contribution in [0.5, 0.6) is 5.75 Å². The van der Waals surface area contributed by atoms with E-state index in [1.807, 2.05) is 31.2 Å². The molecule has 0 spiro atoms. The molecule has 1 aliphatic heterocycles. The van der Waals surface area contributed by atoms with Crippen LogP contribution in [0.4, 0.5) is 0 Å². The number of carbonyl (C=O) groups excluding carboxylic acids is 1. The first-order chi connectivity index (χ1) is 9.57. The van der Waals surface area contributed by atoms with Gasteiger partial charge in [-0.25, -0.2) is 0 Å². The summed E-state index contributed by atoms with van der Waals surface area (Å²) in [6, 6.07) is 7.50. The van der Waals surface area contributed by atoms with Crippen molar-refractivity contribution in [3.05, 3.63) is 29.8 Å². The van der Waals surface area contributed by atoms with Crippen LogP contribution in [0.3, 0.4) is 0 Å². The van der Waals surface area contributed by atoms with Crippen molar-refractivity contribution in [1.82, 2.24) is 5.32 Å². The van der Waals surface area contributed by atoms with E-state index in [0.717, 1.165) is 11.3 Å². The molecule has 0 saturated carbocycles. The summed E-state index contributed by atoms with van der Waals surface area (Å²) in [6.07, 6.45) is 1.11. The number of methoxy groups -OCH3 is 1. The number of ether oxygens (including phenoxy) is 2. The fourth-order valence-corrected chi connectivity index (χ4v) is 2.40. The molecule has 0 aromatic heterocycles. The smallest absolute Gasteiger partial charge is 0.240 e. The number of nitrogens with two attached hydrogens (primary N) is 1. The van der Waals surface area contributed by atoms with Crippen LogP contribution >= 0.6 is 0 Å². The molecule has 0 aliphatic carbocycles. The molecule has 1 aliphatic rings. The molecule has 1 aromatic carbocycles. The summed E-state index contributed by atoms with van der Waals surface area (Å²) in [5.41, 5.74) is 6.29. The normalized spacial score (nSPS) is 19.1. The van der Waals surface area contributed by atoms with Gasteiger partial charge in [-0.1, -0.05) is 18.2 Å². The highest BCUT2D eigenvalue weighted by Crippen LogP contribution is 2.26. The third-order valence-corrected chi connectivity index (χ3v) is 3.79. The molecule has 20 heavy (non-hydrogen) atoms. The van der Waals surface area contributed by atoms with Crippen molar-refractivity contribution in [3.63, 3.8) is 0 Å². The lowest BCUT2D eigenvalue weighted by atomic mass is 9.90. The average molecular weight is 278 g/mol. The summed E-state index contributed by atoms with van der Waals surface area (Å²) in [6.45, 7) is 3.00.